The van der Waals surface area contributed by atoms with E-state index in [9.17, 15) is 0 Å². The van der Waals surface area contributed by atoms with Crippen LogP contribution in [0.1, 0.15) is 11.3 Å². The number of nitrogens with one attached hydrogen (secondary N) is 1. The van der Waals surface area contributed by atoms with Gasteiger partial charge in [-0.05, 0) is 19.4 Å². The molecule has 1 N–H and O–H groups in total. The van der Waals surface area contributed by atoms with E-state index in [0.717, 1.165) is 22.6 Å². The van der Waals surface area contributed by atoms with Gasteiger partial charge in [0.1, 0.15) is 6.33 Å². The van der Waals surface area contributed by atoms with Crippen molar-refractivity contribution in [1.29, 1.82) is 0 Å². The van der Waals surface area contributed by atoms with Crippen LogP contribution in [0.25, 0.3) is 5.65 Å². The summed E-state index contributed by atoms with van der Waals surface area (Å²) in [5.41, 5.74) is 3.73. The third-order valence-electron chi connectivity index (χ3n) is 3.32. The van der Waals surface area contributed by atoms with Crippen LogP contribution in [0.15, 0.2) is 6.33 Å². The molecule has 2 aromatic heterocycles. The summed E-state index contributed by atoms with van der Waals surface area (Å²) in [5, 5.41) is 15.8. The van der Waals surface area contributed by atoms with Crippen LogP contribution in [0.5, 0.6) is 0 Å². The number of aromatic nitrogens is 4. The Morgan fingerprint density at radius 2 is 2.32 bits per heavy atom. The minimum absolute atomic E-state index is 0.0737. The fraction of sp³-hybridized carbons (Fsp3) is 0.583. The molecule has 7 nitrogen and oxygen atoms in total. The topological polar surface area (TPSA) is 73.6 Å². The van der Waals surface area contributed by atoms with Gasteiger partial charge in [0.25, 0.3) is 0 Å². The van der Waals surface area contributed by atoms with Crippen molar-refractivity contribution >= 4 is 11.3 Å². The molecule has 0 amide bonds. The molecule has 19 heavy (non-hydrogen) atoms. The predicted octanol–water partition coefficient (Wildman–Crippen LogP) is 0.568. The summed E-state index contributed by atoms with van der Waals surface area (Å²) in [6, 6.07) is 0. The zero-order valence-electron chi connectivity index (χ0n) is 11.1. The molecular weight excluding hydrogens is 246 g/mol. The maximum Gasteiger partial charge on any atom is 0.200 e. The fourth-order valence-corrected chi connectivity index (χ4v) is 2.13. The van der Waals surface area contributed by atoms with Crippen molar-refractivity contribution in [3.63, 3.8) is 0 Å². The smallest absolute Gasteiger partial charge is 0.200 e. The van der Waals surface area contributed by atoms with Crippen LogP contribution >= 0.6 is 0 Å². The van der Waals surface area contributed by atoms with Crippen molar-refractivity contribution in [1.82, 2.24) is 19.8 Å². The Hall–Kier alpha value is -1.73. The molecule has 1 aliphatic heterocycles. The fourth-order valence-electron chi connectivity index (χ4n) is 2.13. The Balaban J connectivity index is 1.82. The number of aryl methyl sites for hydroxylation is 1. The molecule has 0 spiro atoms. The lowest BCUT2D eigenvalue weighted by Gasteiger charge is -2.24. The van der Waals surface area contributed by atoms with E-state index >= 15 is 0 Å². The molecule has 0 radical (unpaired) electrons. The average Bonchev–Trinajstić information content (AvgIpc) is 2.88. The molecule has 7 heteroatoms. The normalized spacial score (nSPS) is 19.8. The first-order valence-electron chi connectivity index (χ1n) is 6.36. The van der Waals surface area contributed by atoms with Crippen LogP contribution in [0, 0.1) is 13.8 Å². The molecular formula is C12H17N5O2. The molecule has 1 aliphatic rings. The van der Waals surface area contributed by atoms with Crippen LogP contribution in [0.3, 0.4) is 0 Å². The van der Waals surface area contributed by atoms with Gasteiger partial charge in [0.2, 0.25) is 5.65 Å². The Morgan fingerprint density at radius 3 is 3.11 bits per heavy atom. The van der Waals surface area contributed by atoms with Gasteiger partial charge in [-0.25, -0.2) is 0 Å². The highest BCUT2D eigenvalue weighted by molar-refractivity contribution is 5.71. The maximum atomic E-state index is 5.62. The number of hydrogen-bond donors (Lipinski definition) is 1. The third kappa shape index (κ3) is 2.39. The molecule has 1 fully saturated rings. The second-order valence-corrected chi connectivity index (χ2v) is 4.63. The SMILES string of the molecule is Cc1nn2cnnc2c(NCC2COCCO2)c1C. The van der Waals surface area contributed by atoms with Crippen molar-refractivity contribution in [3.05, 3.63) is 17.6 Å². The van der Waals surface area contributed by atoms with E-state index in [1.54, 1.807) is 10.8 Å². The Kier molecular flexibility index (Phi) is 3.31. The van der Waals surface area contributed by atoms with Gasteiger partial charge in [0.15, 0.2) is 0 Å². The molecule has 3 heterocycles. The van der Waals surface area contributed by atoms with Crippen molar-refractivity contribution in [2.24, 2.45) is 0 Å². The van der Waals surface area contributed by atoms with Crippen LogP contribution in [-0.2, 0) is 9.47 Å². The second-order valence-electron chi connectivity index (χ2n) is 4.63. The standard InChI is InChI=1S/C12H17N5O2/c1-8-9(2)16-17-7-14-15-12(17)11(8)13-5-10-6-18-3-4-19-10/h7,10,13H,3-6H2,1-2H3. The highest BCUT2D eigenvalue weighted by atomic mass is 16.6. The van der Waals surface area contributed by atoms with Crippen molar-refractivity contribution in [2.75, 3.05) is 31.7 Å². The molecule has 2 aromatic rings. The lowest BCUT2D eigenvalue weighted by Crippen LogP contribution is -2.34. The van der Waals surface area contributed by atoms with Gasteiger partial charge in [-0.2, -0.15) is 9.61 Å². The zero-order chi connectivity index (χ0) is 13.2. The van der Waals surface area contributed by atoms with Gasteiger partial charge in [-0.1, -0.05) is 0 Å². The Morgan fingerprint density at radius 1 is 1.42 bits per heavy atom. The minimum Gasteiger partial charge on any atom is -0.379 e. The van der Waals surface area contributed by atoms with E-state index < -0.39 is 0 Å². The summed E-state index contributed by atoms with van der Waals surface area (Å²) >= 11 is 0. The molecule has 102 valence electrons. The number of anilines is 1. The second kappa shape index (κ2) is 5.10. The number of ether oxygens (including phenoxy) is 2. The maximum absolute atomic E-state index is 5.62. The van der Waals surface area contributed by atoms with E-state index in [0.29, 0.717) is 26.4 Å². The summed E-state index contributed by atoms with van der Waals surface area (Å²) < 4.78 is 12.7. The van der Waals surface area contributed by atoms with Crippen LogP contribution in [0.4, 0.5) is 5.69 Å². The number of hydrogen-bond acceptors (Lipinski definition) is 6. The number of rotatable bonds is 3. The van der Waals surface area contributed by atoms with E-state index in [2.05, 4.69) is 20.6 Å². The highest BCUT2D eigenvalue weighted by Crippen LogP contribution is 2.21. The molecule has 3 rings (SSSR count). The molecule has 1 atom stereocenters. The Bertz CT molecular complexity index is 577. The summed E-state index contributed by atoms with van der Waals surface area (Å²) in [6.07, 6.45) is 1.68. The van der Waals surface area contributed by atoms with Crippen LogP contribution in [0.2, 0.25) is 0 Å². The molecule has 1 saturated heterocycles. The zero-order valence-corrected chi connectivity index (χ0v) is 11.1. The van der Waals surface area contributed by atoms with Crippen molar-refractivity contribution < 1.29 is 9.47 Å². The molecule has 1 unspecified atom stereocenters. The minimum atomic E-state index is 0.0737. The van der Waals surface area contributed by atoms with E-state index in [4.69, 9.17) is 9.47 Å². The average molecular weight is 263 g/mol. The monoisotopic (exact) mass is 263 g/mol. The summed E-state index contributed by atoms with van der Waals surface area (Å²) in [7, 11) is 0. The lowest BCUT2D eigenvalue weighted by atomic mass is 10.2. The predicted molar refractivity (Wildman–Crippen MR) is 69.3 cm³/mol. The Labute approximate surface area is 110 Å². The number of nitrogens with zero attached hydrogens (tertiary/aromatic N) is 4. The van der Waals surface area contributed by atoms with Crippen LogP contribution < -0.4 is 5.32 Å². The van der Waals surface area contributed by atoms with Crippen molar-refractivity contribution in [2.45, 2.75) is 20.0 Å². The van der Waals surface area contributed by atoms with Crippen molar-refractivity contribution in [3.8, 4) is 0 Å². The molecule has 0 aliphatic carbocycles. The molecule has 0 bridgehead atoms. The third-order valence-corrected chi connectivity index (χ3v) is 3.32. The molecule has 0 aromatic carbocycles. The van der Waals surface area contributed by atoms with Gasteiger partial charge in [0.05, 0.1) is 37.3 Å². The quantitative estimate of drug-likeness (QED) is 0.872. The first-order valence-corrected chi connectivity index (χ1v) is 6.36. The molecule has 0 saturated carbocycles. The van der Waals surface area contributed by atoms with Gasteiger partial charge >= 0.3 is 0 Å². The first kappa shape index (κ1) is 12.3. The van der Waals surface area contributed by atoms with Crippen LogP contribution in [-0.4, -0.2) is 52.3 Å². The first-order chi connectivity index (χ1) is 9.25. The van der Waals surface area contributed by atoms with Gasteiger partial charge in [-0.15, -0.1) is 10.2 Å². The summed E-state index contributed by atoms with van der Waals surface area (Å²) in [4.78, 5) is 0. The van der Waals surface area contributed by atoms with E-state index in [1.165, 1.54) is 0 Å². The van der Waals surface area contributed by atoms with Gasteiger partial charge < -0.3 is 14.8 Å². The van der Waals surface area contributed by atoms with E-state index in [-0.39, 0.29) is 6.10 Å². The summed E-state index contributed by atoms with van der Waals surface area (Å²) in [5.74, 6) is 0. The highest BCUT2D eigenvalue weighted by Gasteiger charge is 2.16. The van der Waals surface area contributed by atoms with Gasteiger partial charge in [0, 0.05) is 6.54 Å². The summed E-state index contributed by atoms with van der Waals surface area (Å²) in [6.45, 7) is 6.64. The largest absolute Gasteiger partial charge is 0.379 e. The van der Waals surface area contributed by atoms with E-state index in [1.807, 2.05) is 13.8 Å². The number of fused-ring (bicyclic) bond motifs is 1. The lowest BCUT2D eigenvalue weighted by molar-refractivity contribution is -0.0818. The van der Waals surface area contributed by atoms with Gasteiger partial charge in [-0.3, -0.25) is 0 Å².